The standard InChI is InChI=1S/C45H42N4O8/c1-53-35-13-11-30(12-14-35)32-18-34-24-47-39-22-43(41(55-3)20-37(39)45(52)49(34)26-32)57-16-6-4-5-15-56-42-21-38-36(19-40(42)54-2)44(51)48-25-31(17-33(48)23-46-38)29-9-7-28(27-50)8-10-29/h7-14,19-27,33-34H,4-6,15-18H2,1-3H3/t33?,34-/m0/s1. The molecule has 57 heavy (non-hydrogen) atoms. The molecule has 12 nitrogen and oxygen atoms in total. The van der Waals surface area contributed by atoms with Crippen molar-refractivity contribution in [2.75, 3.05) is 34.5 Å². The van der Waals surface area contributed by atoms with Crippen LogP contribution >= 0.6 is 0 Å². The summed E-state index contributed by atoms with van der Waals surface area (Å²) in [6, 6.07) is 21.7. The lowest BCUT2D eigenvalue weighted by Gasteiger charge is -2.19. The van der Waals surface area contributed by atoms with Crippen LogP contribution in [0.2, 0.25) is 0 Å². The molecule has 1 unspecified atom stereocenters. The summed E-state index contributed by atoms with van der Waals surface area (Å²) in [6.07, 6.45) is 11.8. The highest BCUT2D eigenvalue weighted by Gasteiger charge is 2.35. The summed E-state index contributed by atoms with van der Waals surface area (Å²) in [7, 11) is 4.75. The molecule has 0 N–H and O–H groups in total. The summed E-state index contributed by atoms with van der Waals surface area (Å²) in [4.78, 5) is 51.3. The number of rotatable bonds is 14. The maximum absolute atomic E-state index is 13.7. The van der Waals surface area contributed by atoms with Gasteiger partial charge < -0.3 is 33.5 Å². The van der Waals surface area contributed by atoms with Crippen molar-refractivity contribution >= 4 is 53.1 Å². The van der Waals surface area contributed by atoms with Crippen LogP contribution in [0.3, 0.4) is 0 Å². The summed E-state index contributed by atoms with van der Waals surface area (Å²) in [5.41, 5.74) is 6.62. The van der Waals surface area contributed by atoms with E-state index in [0.717, 1.165) is 53.6 Å². The third-order valence-corrected chi connectivity index (χ3v) is 10.6. The van der Waals surface area contributed by atoms with Gasteiger partial charge >= 0.3 is 0 Å². The van der Waals surface area contributed by atoms with E-state index in [1.54, 1.807) is 73.7 Å². The van der Waals surface area contributed by atoms with Gasteiger partial charge in [0.1, 0.15) is 12.0 Å². The zero-order valence-corrected chi connectivity index (χ0v) is 32.0. The molecule has 8 rings (SSSR count). The van der Waals surface area contributed by atoms with E-state index in [0.29, 0.717) is 77.1 Å². The zero-order valence-electron chi connectivity index (χ0n) is 32.0. The van der Waals surface area contributed by atoms with Crippen LogP contribution in [0.1, 0.15) is 74.3 Å². The molecule has 4 aliphatic heterocycles. The van der Waals surface area contributed by atoms with Crippen molar-refractivity contribution in [3.63, 3.8) is 0 Å². The fourth-order valence-corrected chi connectivity index (χ4v) is 7.47. The van der Waals surface area contributed by atoms with E-state index in [2.05, 4.69) is 4.99 Å². The molecule has 0 bridgehead atoms. The van der Waals surface area contributed by atoms with Gasteiger partial charge in [0.2, 0.25) is 0 Å². The fraction of sp³-hybridized carbons (Fsp3) is 0.267. The second-order valence-electron chi connectivity index (χ2n) is 14.1. The smallest absolute Gasteiger partial charge is 0.260 e. The number of carbonyl (C=O) groups excluding carboxylic acids is 3. The number of hydrogen-bond acceptors (Lipinski definition) is 10. The van der Waals surface area contributed by atoms with Crippen molar-refractivity contribution in [1.82, 2.24) is 9.80 Å². The molecule has 0 fully saturated rings. The summed E-state index contributed by atoms with van der Waals surface area (Å²) in [5.74, 6) is 2.44. The molecule has 4 heterocycles. The number of benzene rings is 4. The molecular formula is C45H42N4O8. The molecule has 4 aromatic carbocycles. The Labute approximate surface area is 330 Å². The fourth-order valence-electron chi connectivity index (χ4n) is 7.47. The van der Waals surface area contributed by atoms with E-state index in [-0.39, 0.29) is 23.9 Å². The Morgan fingerprint density at radius 2 is 1.09 bits per heavy atom. The van der Waals surface area contributed by atoms with E-state index in [1.165, 1.54) is 0 Å². The van der Waals surface area contributed by atoms with E-state index in [1.807, 2.05) is 55.0 Å². The van der Waals surface area contributed by atoms with Gasteiger partial charge in [-0.1, -0.05) is 36.4 Å². The summed E-state index contributed by atoms with van der Waals surface area (Å²) in [6.45, 7) is 0.869. The molecular weight excluding hydrogens is 725 g/mol. The Balaban J connectivity index is 0.847. The summed E-state index contributed by atoms with van der Waals surface area (Å²) < 4.78 is 28.8. The van der Waals surface area contributed by atoms with E-state index < -0.39 is 0 Å². The number of fused-ring (bicyclic) bond motifs is 4. The zero-order chi connectivity index (χ0) is 39.5. The Bertz CT molecular complexity index is 2330. The predicted octanol–water partition coefficient (Wildman–Crippen LogP) is 8.10. The molecule has 2 atom stereocenters. The third-order valence-electron chi connectivity index (χ3n) is 10.6. The molecule has 0 saturated heterocycles. The van der Waals surface area contributed by atoms with Crippen LogP contribution in [-0.2, 0) is 0 Å². The van der Waals surface area contributed by atoms with Crippen molar-refractivity contribution in [2.24, 2.45) is 9.98 Å². The van der Waals surface area contributed by atoms with Crippen molar-refractivity contribution in [2.45, 2.75) is 44.2 Å². The third kappa shape index (κ3) is 7.50. The second kappa shape index (κ2) is 16.2. The predicted molar refractivity (Wildman–Crippen MR) is 217 cm³/mol. The number of unbranched alkanes of at least 4 members (excludes halogenated alkanes) is 2. The highest BCUT2D eigenvalue weighted by atomic mass is 16.5. The molecule has 0 saturated carbocycles. The van der Waals surface area contributed by atoms with Gasteiger partial charge in [0.25, 0.3) is 11.8 Å². The van der Waals surface area contributed by atoms with Gasteiger partial charge in [-0.15, -0.1) is 0 Å². The van der Waals surface area contributed by atoms with Gasteiger partial charge in [0.05, 0.1) is 69.1 Å². The molecule has 12 heteroatoms. The SMILES string of the molecule is COc1ccc(C2=CN3C(=O)c4cc(OC)c(OCCCCCOc5cc6c(cc5OC)C(=O)N5C=C(c7ccc(C=O)cc7)CC5C=N6)cc4N=C[C@@H]3C2)cc1. The quantitative estimate of drug-likeness (QED) is 0.0931. The topological polar surface area (TPSA) is 129 Å². The van der Waals surface area contributed by atoms with Crippen molar-refractivity contribution < 1.29 is 38.1 Å². The molecule has 0 aliphatic carbocycles. The Kier molecular flexibility index (Phi) is 10.6. The van der Waals surface area contributed by atoms with Gasteiger partial charge in [0.15, 0.2) is 23.0 Å². The van der Waals surface area contributed by atoms with Crippen LogP contribution in [0.5, 0.6) is 28.7 Å². The van der Waals surface area contributed by atoms with E-state index in [9.17, 15) is 14.4 Å². The minimum atomic E-state index is -0.223. The number of amides is 2. The first-order valence-corrected chi connectivity index (χ1v) is 18.9. The second-order valence-corrected chi connectivity index (χ2v) is 14.1. The Morgan fingerprint density at radius 3 is 1.53 bits per heavy atom. The van der Waals surface area contributed by atoms with Crippen LogP contribution < -0.4 is 23.7 Å². The Morgan fingerprint density at radius 1 is 0.614 bits per heavy atom. The van der Waals surface area contributed by atoms with Crippen LogP contribution in [0.25, 0.3) is 11.1 Å². The van der Waals surface area contributed by atoms with Crippen LogP contribution in [-0.4, -0.2) is 87.0 Å². The number of nitrogens with zero attached hydrogens (tertiary/aromatic N) is 4. The minimum absolute atomic E-state index is 0.142. The van der Waals surface area contributed by atoms with Crippen LogP contribution in [0, 0.1) is 0 Å². The average Bonchev–Trinajstić information content (AvgIpc) is 3.83. The first-order chi connectivity index (χ1) is 27.9. The highest BCUT2D eigenvalue weighted by Crippen LogP contribution is 2.42. The number of aldehydes is 1. The maximum Gasteiger partial charge on any atom is 0.260 e. The largest absolute Gasteiger partial charge is 0.497 e. The van der Waals surface area contributed by atoms with Crippen LogP contribution in [0.4, 0.5) is 11.4 Å². The lowest BCUT2D eigenvalue weighted by Crippen LogP contribution is -2.32. The molecule has 2 amide bonds. The van der Waals surface area contributed by atoms with Gasteiger partial charge in [0, 0.05) is 55.4 Å². The summed E-state index contributed by atoms with van der Waals surface area (Å²) >= 11 is 0. The average molecular weight is 767 g/mol. The van der Waals surface area contributed by atoms with Gasteiger partial charge in [-0.2, -0.15) is 0 Å². The van der Waals surface area contributed by atoms with Gasteiger partial charge in [-0.05, 0) is 65.8 Å². The molecule has 290 valence electrons. The summed E-state index contributed by atoms with van der Waals surface area (Å²) in [5, 5.41) is 0. The first kappa shape index (κ1) is 37.2. The normalized spacial score (nSPS) is 17.7. The molecule has 0 radical (unpaired) electrons. The lowest BCUT2D eigenvalue weighted by atomic mass is 10.0. The minimum Gasteiger partial charge on any atom is -0.497 e. The van der Waals surface area contributed by atoms with Crippen molar-refractivity contribution in [1.29, 1.82) is 0 Å². The molecule has 4 aromatic rings. The number of ether oxygens (including phenoxy) is 5. The van der Waals surface area contributed by atoms with E-state index >= 15 is 0 Å². The lowest BCUT2D eigenvalue weighted by molar-refractivity contribution is 0.0809. The molecule has 0 aromatic heterocycles. The Hall–Kier alpha value is -6.69. The van der Waals surface area contributed by atoms with Crippen molar-refractivity contribution in [3.8, 4) is 28.7 Å². The molecule has 0 spiro atoms. The first-order valence-electron chi connectivity index (χ1n) is 18.9. The molecule has 4 aliphatic rings. The number of carbonyl (C=O) groups is 3. The van der Waals surface area contributed by atoms with Crippen molar-refractivity contribution in [3.05, 3.63) is 113 Å². The number of hydrogen-bond donors (Lipinski definition) is 0. The van der Waals surface area contributed by atoms with Gasteiger partial charge in [-0.3, -0.25) is 24.4 Å². The van der Waals surface area contributed by atoms with Gasteiger partial charge in [-0.25, -0.2) is 0 Å². The number of methoxy groups -OCH3 is 3. The van der Waals surface area contributed by atoms with E-state index in [4.69, 9.17) is 28.7 Å². The maximum atomic E-state index is 13.7. The number of aliphatic imine (C=N–C) groups is 2. The van der Waals surface area contributed by atoms with Crippen LogP contribution in [0.15, 0.2) is 95.2 Å². The highest BCUT2D eigenvalue weighted by molar-refractivity contribution is 6.06. The monoisotopic (exact) mass is 766 g/mol.